The molecule has 0 bridgehead atoms. The standard InChI is InChI=1S/C13H23O2/c1-2-4-6-8-12(7-5-3-1)13-11-14-9-10-15-13/h13H,1-11H2. The molecular weight excluding hydrogens is 188 g/mol. The summed E-state index contributed by atoms with van der Waals surface area (Å²) in [6, 6.07) is 0. The van der Waals surface area contributed by atoms with Gasteiger partial charge in [-0.1, -0.05) is 38.5 Å². The van der Waals surface area contributed by atoms with Gasteiger partial charge in [0.25, 0.3) is 0 Å². The molecule has 1 atom stereocenters. The van der Waals surface area contributed by atoms with Crippen LogP contribution in [0.2, 0.25) is 0 Å². The molecule has 1 aliphatic carbocycles. The fourth-order valence-electron chi connectivity index (χ4n) is 2.58. The fourth-order valence-corrected chi connectivity index (χ4v) is 2.58. The van der Waals surface area contributed by atoms with Gasteiger partial charge in [0.1, 0.15) is 0 Å². The van der Waals surface area contributed by atoms with Crippen molar-refractivity contribution in [2.24, 2.45) is 0 Å². The van der Waals surface area contributed by atoms with Gasteiger partial charge in [-0.2, -0.15) is 0 Å². The Labute approximate surface area is 93.3 Å². The highest BCUT2D eigenvalue weighted by Crippen LogP contribution is 2.28. The number of rotatable bonds is 1. The van der Waals surface area contributed by atoms with Gasteiger partial charge in [0, 0.05) is 5.92 Å². The second kappa shape index (κ2) is 6.49. The normalized spacial score (nSPS) is 31.6. The van der Waals surface area contributed by atoms with Gasteiger partial charge in [0.2, 0.25) is 0 Å². The molecule has 1 saturated carbocycles. The Morgan fingerprint density at radius 3 is 2.07 bits per heavy atom. The van der Waals surface area contributed by atoms with Crippen LogP contribution in [0.4, 0.5) is 0 Å². The molecule has 0 spiro atoms. The van der Waals surface area contributed by atoms with E-state index in [1.54, 1.807) is 5.92 Å². The van der Waals surface area contributed by atoms with E-state index >= 15 is 0 Å². The van der Waals surface area contributed by atoms with Crippen LogP contribution >= 0.6 is 0 Å². The van der Waals surface area contributed by atoms with Crippen molar-refractivity contribution in [1.29, 1.82) is 0 Å². The van der Waals surface area contributed by atoms with E-state index in [4.69, 9.17) is 9.47 Å². The summed E-state index contributed by atoms with van der Waals surface area (Å²) in [5.41, 5.74) is 0. The second-order valence-electron chi connectivity index (χ2n) is 4.71. The van der Waals surface area contributed by atoms with E-state index in [9.17, 15) is 0 Å². The number of ether oxygens (including phenoxy) is 2. The molecule has 0 aromatic heterocycles. The van der Waals surface area contributed by atoms with Gasteiger partial charge in [-0.3, -0.25) is 0 Å². The molecule has 0 amide bonds. The molecule has 0 aromatic carbocycles. The molecule has 0 aromatic rings. The van der Waals surface area contributed by atoms with Crippen molar-refractivity contribution in [3.8, 4) is 0 Å². The van der Waals surface area contributed by atoms with Gasteiger partial charge in [-0.15, -0.1) is 0 Å². The monoisotopic (exact) mass is 211 g/mol. The smallest absolute Gasteiger partial charge is 0.0871 e. The van der Waals surface area contributed by atoms with Crippen LogP contribution in [-0.4, -0.2) is 25.9 Å². The van der Waals surface area contributed by atoms with Gasteiger partial charge < -0.3 is 9.47 Å². The quantitative estimate of drug-likeness (QED) is 0.663. The van der Waals surface area contributed by atoms with Crippen molar-refractivity contribution < 1.29 is 9.47 Å². The lowest BCUT2D eigenvalue weighted by atomic mass is 9.91. The summed E-state index contributed by atoms with van der Waals surface area (Å²) in [4.78, 5) is 0. The Kier molecular flexibility index (Phi) is 4.94. The highest BCUT2D eigenvalue weighted by atomic mass is 16.6. The highest BCUT2D eigenvalue weighted by molar-refractivity contribution is 4.99. The van der Waals surface area contributed by atoms with Crippen molar-refractivity contribution >= 4 is 0 Å². The van der Waals surface area contributed by atoms with E-state index in [2.05, 4.69) is 0 Å². The van der Waals surface area contributed by atoms with Crippen molar-refractivity contribution in [3.05, 3.63) is 5.92 Å². The predicted octanol–water partition coefficient (Wildman–Crippen LogP) is 3.11. The summed E-state index contributed by atoms with van der Waals surface area (Å²) in [6.45, 7) is 2.37. The zero-order chi connectivity index (χ0) is 10.3. The Morgan fingerprint density at radius 2 is 1.47 bits per heavy atom. The Hall–Kier alpha value is -0.0800. The SMILES string of the molecule is C1CCCC[C](C2COCCO2)CCC1. The Morgan fingerprint density at radius 1 is 0.800 bits per heavy atom. The van der Waals surface area contributed by atoms with E-state index < -0.39 is 0 Å². The van der Waals surface area contributed by atoms with E-state index in [0.717, 1.165) is 19.8 Å². The van der Waals surface area contributed by atoms with Crippen LogP contribution < -0.4 is 0 Å². The number of hydrogen-bond donors (Lipinski definition) is 0. The summed E-state index contributed by atoms with van der Waals surface area (Å²) >= 11 is 0. The van der Waals surface area contributed by atoms with Crippen molar-refractivity contribution in [3.63, 3.8) is 0 Å². The molecule has 2 aliphatic rings. The lowest BCUT2D eigenvalue weighted by Crippen LogP contribution is -2.34. The van der Waals surface area contributed by atoms with Crippen LogP contribution in [0.3, 0.4) is 0 Å². The zero-order valence-electron chi connectivity index (χ0n) is 9.67. The van der Waals surface area contributed by atoms with E-state index in [1.165, 1.54) is 51.4 Å². The Balaban J connectivity index is 1.80. The molecule has 1 radical (unpaired) electrons. The third-order valence-corrected chi connectivity index (χ3v) is 3.52. The van der Waals surface area contributed by atoms with Gasteiger partial charge in [0.15, 0.2) is 0 Å². The largest absolute Gasteiger partial charge is 0.376 e. The van der Waals surface area contributed by atoms with Gasteiger partial charge in [-0.25, -0.2) is 0 Å². The summed E-state index contributed by atoms with van der Waals surface area (Å²) in [5, 5.41) is 0. The second-order valence-corrected chi connectivity index (χ2v) is 4.71. The Bertz CT molecular complexity index is 154. The van der Waals surface area contributed by atoms with Crippen LogP contribution in [-0.2, 0) is 9.47 Å². The third-order valence-electron chi connectivity index (χ3n) is 3.52. The van der Waals surface area contributed by atoms with E-state index in [-0.39, 0.29) is 0 Å². The maximum atomic E-state index is 5.79. The maximum absolute atomic E-state index is 5.79. The number of hydrogen-bond acceptors (Lipinski definition) is 2. The van der Waals surface area contributed by atoms with Crippen LogP contribution in [0, 0.1) is 5.92 Å². The molecule has 2 fully saturated rings. The summed E-state index contributed by atoms with van der Waals surface area (Å²) in [6.07, 6.45) is 11.2. The summed E-state index contributed by atoms with van der Waals surface area (Å²) < 4.78 is 11.3. The molecule has 1 saturated heterocycles. The van der Waals surface area contributed by atoms with Crippen molar-refractivity contribution in [2.75, 3.05) is 19.8 Å². The lowest BCUT2D eigenvalue weighted by Gasteiger charge is -2.30. The van der Waals surface area contributed by atoms with E-state index in [0.29, 0.717) is 6.10 Å². The van der Waals surface area contributed by atoms with Crippen molar-refractivity contribution in [1.82, 2.24) is 0 Å². The first-order chi connectivity index (χ1) is 7.47. The first-order valence-corrected chi connectivity index (χ1v) is 6.51. The first kappa shape index (κ1) is 11.4. The molecule has 15 heavy (non-hydrogen) atoms. The van der Waals surface area contributed by atoms with Gasteiger partial charge in [-0.05, 0) is 12.8 Å². The fraction of sp³-hybridized carbons (Fsp3) is 0.923. The van der Waals surface area contributed by atoms with Crippen LogP contribution in [0.25, 0.3) is 0 Å². The minimum absolute atomic E-state index is 0.317. The molecule has 1 heterocycles. The third kappa shape index (κ3) is 3.76. The molecule has 2 heteroatoms. The topological polar surface area (TPSA) is 18.5 Å². The zero-order valence-corrected chi connectivity index (χ0v) is 9.67. The summed E-state index contributed by atoms with van der Waals surface area (Å²) in [5.74, 6) is 1.62. The maximum Gasteiger partial charge on any atom is 0.0871 e. The predicted molar refractivity (Wildman–Crippen MR) is 60.7 cm³/mol. The van der Waals surface area contributed by atoms with E-state index in [1.807, 2.05) is 0 Å². The minimum Gasteiger partial charge on any atom is -0.376 e. The molecule has 2 rings (SSSR count). The van der Waals surface area contributed by atoms with Crippen LogP contribution in [0.5, 0.6) is 0 Å². The highest BCUT2D eigenvalue weighted by Gasteiger charge is 2.25. The molecule has 1 aliphatic heterocycles. The van der Waals surface area contributed by atoms with Crippen LogP contribution in [0.1, 0.15) is 51.4 Å². The van der Waals surface area contributed by atoms with Crippen LogP contribution in [0.15, 0.2) is 0 Å². The first-order valence-electron chi connectivity index (χ1n) is 6.51. The molecular formula is C13H23O2. The minimum atomic E-state index is 0.317. The molecule has 2 nitrogen and oxygen atoms in total. The average molecular weight is 211 g/mol. The summed E-state index contributed by atoms with van der Waals surface area (Å²) in [7, 11) is 0. The van der Waals surface area contributed by atoms with Crippen molar-refractivity contribution in [2.45, 2.75) is 57.5 Å². The molecule has 87 valence electrons. The molecule has 1 unspecified atom stereocenters. The molecule has 0 N–H and O–H groups in total. The van der Waals surface area contributed by atoms with Gasteiger partial charge in [0.05, 0.1) is 25.9 Å². The average Bonchev–Trinajstić information content (AvgIpc) is 2.43. The lowest BCUT2D eigenvalue weighted by molar-refractivity contribution is -0.0840. The van der Waals surface area contributed by atoms with Gasteiger partial charge >= 0.3 is 0 Å².